The van der Waals surface area contributed by atoms with Gasteiger partial charge in [-0.1, -0.05) is 11.6 Å². The van der Waals surface area contributed by atoms with Crippen LogP contribution in [-0.4, -0.2) is 39.3 Å². The molecule has 2 N–H and O–H groups in total. The Bertz CT molecular complexity index is 619. The van der Waals surface area contributed by atoms with Gasteiger partial charge in [0.05, 0.1) is 22.1 Å². The lowest BCUT2D eigenvalue weighted by molar-refractivity contribution is 0.0696. The Morgan fingerprint density at radius 3 is 2.65 bits per heavy atom. The fraction of sp³-hybridized carbons (Fsp3) is 0.364. The highest BCUT2D eigenvalue weighted by Gasteiger charge is 2.23. The van der Waals surface area contributed by atoms with Gasteiger partial charge in [-0.15, -0.1) is 0 Å². The Hall–Kier alpha value is -1.22. The zero-order valence-electron chi connectivity index (χ0n) is 10.7. The van der Waals surface area contributed by atoms with Gasteiger partial charge in [-0.05, 0) is 19.1 Å². The third-order valence-corrected chi connectivity index (χ3v) is 4.27. The third-order valence-electron chi connectivity index (χ3n) is 2.32. The molecule has 1 atom stereocenters. The van der Waals surface area contributed by atoms with Gasteiger partial charge < -0.3 is 9.84 Å². The number of methoxy groups -OCH3 is 1. The van der Waals surface area contributed by atoms with Crippen molar-refractivity contribution in [3.63, 3.8) is 0 Å². The van der Waals surface area contributed by atoms with E-state index in [1.165, 1.54) is 7.11 Å². The molecule has 1 unspecified atom stereocenters. The number of nitrogens with one attached hydrogen (secondary N) is 1. The molecule has 0 bridgehead atoms. The summed E-state index contributed by atoms with van der Waals surface area (Å²) in [7, 11) is -2.67. The van der Waals surface area contributed by atoms with Crippen molar-refractivity contribution in [3.05, 3.63) is 28.5 Å². The van der Waals surface area contributed by atoms with Crippen molar-refractivity contribution in [2.45, 2.75) is 17.9 Å². The average Bonchev–Trinajstić information content (AvgIpc) is 2.31. The summed E-state index contributed by atoms with van der Waals surface area (Å²) >= 11 is 5.47. The molecule has 0 aliphatic heterocycles. The number of rotatable bonds is 6. The highest BCUT2D eigenvalue weighted by Crippen LogP contribution is 2.24. The van der Waals surface area contributed by atoms with Crippen molar-refractivity contribution in [2.75, 3.05) is 13.7 Å². The predicted molar refractivity (Wildman–Crippen MR) is 70.0 cm³/mol. The minimum atomic E-state index is -4.07. The van der Waals surface area contributed by atoms with Crippen LogP contribution < -0.4 is 4.72 Å². The molecule has 0 fully saturated rings. The van der Waals surface area contributed by atoms with Crippen molar-refractivity contribution in [3.8, 4) is 0 Å². The van der Waals surface area contributed by atoms with Crippen LogP contribution in [0.1, 0.15) is 17.3 Å². The number of carboxylic acids is 1. The van der Waals surface area contributed by atoms with E-state index in [1.807, 2.05) is 0 Å². The lowest BCUT2D eigenvalue weighted by atomic mass is 10.2. The van der Waals surface area contributed by atoms with Crippen LogP contribution in [0, 0.1) is 5.82 Å². The summed E-state index contributed by atoms with van der Waals surface area (Å²) in [6.45, 7) is 1.66. The molecular formula is C11H13ClFNO5S. The van der Waals surface area contributed by atoms with Crippen molar-refractivity contribution < 1.29 is 27.4 Å². The van der Waals surface area contributed by atoms with Gasteiger partial charge in [-0.3, -0.25) is 0 Å². The number of sulfonamides is 1. The second-order valence-electron chi connectivity index (χ2n) is 4.05. The summed E-state index contributed by atoms with van der Waals surface area (Å²) in [6.07, 6.45) is 0. The van der Waals surface area contributed by atoms with E-state index < -0.39 is 43.3 Å². The molecule has 0 amide bonds. The van der Waals surface area contributed by atoms with E-state index in [0.717, 1.165) is 6.07 Å². The molecule has 0 saturated heterocycles. The standard InChI is InChI=1S/C11H13ClFNO5S/c1-6(5-19-2)14-20(17,18)7-3-8(11(15)16)10(12)9(13)4-7/h3-4,6,14H,5H2,1-2H3,(H,15,16). The first-order chi connectivity index (χ1) is 9.19. The number of carboxylic acid groups (broad SMARTS) is 1. The Kier molecular flexibility index (Phi) is 5.46. The van der Waals surface area contributed by atoms with Crippen molar-refractivity contribution in [1.29, 1.82) is 0 Å². The number of hydrogen-bond acceptors (Lipinski definition) is 4. The number of halogens is 2. The van der Waals surface area contributed by atoms with Gasteiger partial charge in [0.2, 0.25) is 10.0 Å². The second-order valence-corrected chi connectivity index (χ2v) is 6.14. The van der Waals surface area contributed by atoms with E-state index in [0.29, 0.717) is 6.07 Å². The predicted octanol–water partition coefficient (Wildman–Crippen LogP) is 1.49. The first-order valence-corrected chi connectivity index (χ1v) is 7.28. The van der Waals surface area contributed by atoms with Crippen molar-refractivity contribution in [2.24, 2.45) is 0 Å². The minimum Gasteiger partial charge on any atom is -0.478 e. The van der Waals surface area contributed by atoms with Crippen LogP contribution in [0.3, 0.4) is 0 Å². The molecule has 9 heteroatoms. The number of carbonyl (C=O) groups is 1. The average molecular weight is 326 g/mol. The molecule has 1 aromatic rings. The van der Waals surface area contributed by atoms with E-state index >= 15 is 0 Å². The van der Waals surface area contributed by atoms with E-state index in [-0.39, 0.29) is 6.61 Å². The molecule has 0 aliphatic rings. The van der Waals surface area contributed by atoms with Crippen LogP contribution in [-0.2, 0) is 14.8 Å². The van der Waals surface area contributed by atoms with Crippen LogP contribution >= 0.6 is 11.6 Å². The van der Waals surface area contributed by atoms with E-state index in [9.17, 15) is 17.6 Å². The molecule has 6 nitrogen and oxygen atoms in total. The topological polar surface area (TPSA) is 92.7 Å². The van der Waals surface area contributed by atoms with Crippen LogP contribution in [0.2, 0.25) is 5.02 Å². The van der Waals surface area contributed by atoms with Crippen LogP contribution in [0.4, 0.5) is 4.39 Å². The monoisotopic (exact) mass is 325 g/mol. The quantitative estimate of drug-likeness (QED) is 0.826. The molecule has 0 radical (unpaired) electrons. The number of ether oxygens (including phenoxy) is 1. The van der Waals surface area contributed by atoms with Gasteiger partial charge >= 0.3 is 5.97 Å². The van der Waals surface area contributed by atoms with E-state index in [1.54, 1.807) is 6.92 Å². The Labute approximate surface area is 120 Å². The highest BCUT2D eigenvalue weighted by atomic mass is 35.5. The minimum absolute atomic E-state index is 0.112. The maximum absolute atomic E-state index is 13.5. The van der Waals surface area contributed by atoms with Crippen LogP contribution in [0.15, 0.2) is 17.0 Å². The summed E-state index contributed by atoms with van der Waals surface area (Å²) in [5, 5.41) is 8.22. The number of hydrogen-bond donors (Lipinski definition) is 2. The first-order valence-electron chi connectivity index (χ1n) is 5.42. The Morgan fingerprint density at radius 2 is 2.15 bits per heavy atom. The summed E-state index contributed by atoms with van der Waals surface area (Å²) in [6, 6.07) is 0.906. The zero-order valence-corrected chi connectivity index (χ0v) is 12.3. The second kappa shape index (κ2) is 6.49. The fourth-order valence-electron chi connectivity index (χ4n) is 1.49. The van der Waals surface area contributed by atoms with Gasteiger partial charge in [-0.2, -0.15) is 0 Å². The third kappa shape index (κ3) is 3.89. The summed E-state index contributed by atoms with van der Waals surface area (Å²) in [4.78, 5) is 10.4. The van der Waals surface area contributed by atoms with Crippen molar-refractivity contribution in [1.82, 2.24) is 4.72 Å². The molecule has 0 aromatic heterocycles. The van der Waals surface area contributed by atoms with Gasteiger partial charge in [0.1, 0.15) is 5.82 Å². The van der Waals surface area contributed by atoms with Gasteiger partial charge in [0.25, 0.3) is 0 Å². The molecule has 1 rings (SSSR count). The Morgan fingerprint density at radius 1 is 1.55 bits per heavy atom. The molecule has 0 spiro atoms. The maximum atomic E-state index is 13.5. The van der Waals surface area contributed by atoms with Crippen molar-refractivity contribution >= 4 is 27.6 Å². The SMILES string of the molecule is COCC(C)NS(=O)(=O)c1cc(F)c(Cl)c(C(=O)O)c1. The smallest absolute Gasteiger partial charge is 0.337 e. The van der Waals surface area contributed by atoms with E-state index in [2.05, 4.69) is 4.72 Å². The lowest BCUT2D eigenvalue weighted by Gasteiger charge is -2.14. The first kappa shape index (κ1) is 16.8. The summed E-state index contributed by atoms with van der Waals surface area (Å²) < 4.78 is 44.5. The molecule has 0 saturated carbocycles. The number of aromatic carboxylic acids is 1. The molecule has 0 heterocycles. The number of benzene rings is 1. The summed E-state index contributed by atoms with van der Waals surface area (Å²) in [5.41, 5.74) is -0.619. The highest BCUT2D eigenvalue weighted by molar-refractivity contribution is 7.89. The molecule has 20 heavy (non-hydrogen) atoms. The van der Waals surface area contributed by atoms with Gasteiger partial charge in [0, 0.05) is 13.2 Å². The Balaban J connectivity index is 3.22. The normalized spacial score (nSPS) is 13.2. The fourth-order valence-corrected chi connectivity index (χ4v) is 2.95. The molecule has 1 aromatic carbocycles. The zero-order chi connectivity index (χ0) is 15.5. The van der Waals surface area contributed by atoms with Gasteiger partial charge in [0.15, 0.2) is 0 Å². The lowest BCUT2D eigenvalue weighted by Crippen LogP contribution is -2.35. The largest absolute Gasteiger partial charge is 0.478 e. The van der Waals surface area contributed by atoms with Crippen LogP contribution in [0.25, 0.3) is 0 Å². The molecule has 112 valence electrons. The summed E-state index contributed by atoms with van der Waals surface area (Å²) in [5.74, 6) is -2.64. The molecular weight excluding hydrogens is 313 g/mol. The molecule has 0 aliphatic carbocycles. The van der Waals surface area contributed by atoms with Crippen LogP contribution in [0.5, 0.6) is 0 Å². The van der Waals surface area contributed by atoms with Gasteiger partial charge in [-0.25, -0.2) is 22.3 Å². The maximum Gasteiger partial charge on any atom is 0.337 e. The van der Waals surface area contributed by atoms with E-state index in [4.69, 9.17) is 21.4 Å².